The van der Waals surface area contributed by atoms with Crippen molar-refractivity contribution in [3.05, 3.63) is 81.9 Å². The number of hydrogen-bond donors (Lipinski definition) is 1. The number of fused-ring (bicyclic) bond motifs is 4. The summed E-state index contributed by atoms with van der Waals surface area (Å²) >= 11 is 0. The number of imidazole rings is 1. The van der Waals surface area contributed by atoms with Crippen LogP contribution in [0.2, 0.25) is 0 Å². The Labute approximate surface area is 157 Å². The lowest BCUT2D eigenvalue weighted by Gasteiger charge is -2.26. The second-order valence-electron chi connectivity index (χ2n) is 7.36. The number of aryl methyl sites for hydroxylation is 2. The molecule has 0 amide bonds. The molecule has 5 heteroatoms. The van der Waals surface area contributed by atoms with E-state index in [1.165, 1.54) is 11.1 Å². The van der Waals surface area contributed by atoms with E-state index in [4.69, 9.17) is 0 Å². The maximum atomic E-state index is 13.1. The molecule has 1 atom stereocenters. The van der Waals surface area contributed by atoms with Gasteiger partial charge in [-0.25, -0.2) is 9.30 Å². The molecule has 0 bridgehead atoms. The Kier molecular flexibility index (Phi) is 3.57. The summed E-state index contributed by atoms with van der Waals surface area (Å²) in [6, 6.07) is 16.2. The van der Waals surface area contributed by atoms with E-state index in [1.807, 2.05) is 37.3 Å². The Morgan fingerprint density at radius 2 is 1.70 bits per heavy atom. The smallest absolute Gasteiger partial charge is 0.257 e. The first-order valence-electron chi connectivity index (χ1n) is 9.41. The van der Waals surface area contributed by atoms with Gasteiger partial charge in [-0.3, -0.25) is 0 Å². The maximum absolute atomic E-state index is 13.1. The molecule has 1 aromatic heterocycles. The Bertz CT molecular complexity index is 1080. The molecule has 0 radical (unpaired) electrons. The molecule has 0 fully saturated rings. The third kappa shape index (κ3) is 2.24. The molecule has 5 nitrogen and oxygen atoms in total. The third-order valence-corrected chi connectivity index (χ3v) is 6.02. The molecule has 2 aliphatic rings. The van der Waals surface area contributed by atoms with E-state index in [0.717, 1.165) is 46.5 Å². The van der Waals surface area contributed by atoms with Crippen molar-refractivity contribution >= 4 is 5.71 Å². The quantitative estimate of drug-likeness (QED) is 0.312. The highest BCUT2D eigenvalue weighted by Gasteiger charge is 2.39. The van der Waals surface area contributed by atoms with Gasteiger partial charge in [-0.05, 0) is 30.4 Å². The van der Waals surface area contributed by atoms with Gasteiger partial charge >= 0.3 is 0 Å². The fourth-order valence-electron chi connectivity index (χ4n) is 4.76. The molecule has 0 spiro atoms. The van der Waals surface area contributed by atoms with Crippen molar-refractivity contribution in [3.8, 4) is 11.3 Å². The van der Waals surface area contributed by atoms with E-state index >= 15 is 0 Å². The van der Waals surface area contributed by atoms with Gasteiger partial charge in [0.1, 0.15) is 5.71 Å². The summed E-state index contributed by atoms with van der Waals surface area (Å²) in [7, 11) is 0. The number of nitrogens with zero attached hydrogens (tertiary/aromatic N) is 3. The zero-order chi connectivity index (χ0) is 18.5. The van der Waals surface area contributed by atoms with Crippen LogP contribution in [0.15, 0.2) is 53.7 Å². The standard InChI is InChI=1S/C22H21N3O2/c1-14-24(21-17-8-4-2-6-15(17)10-12-19(21)23-26)20-13-11-16-7-3-5-9-18(16)22(20)25(14)27/h2-9,21,26H,10-13H2,1H3. The number of benzene rings is 2. The van der Waals surface area contributed by atoms with E-state index in [1.54, 1.807) is 0 Å². The van der Waals surface area contributed by atoms with Crippen LogP contribution in [0, 0.1) is 12.1 Å². The highest BCUT2D eigenvalue weighted by Crippen LogP contribution is 2.38. The molecule has 2 aromatic carbocycles. The highest BCUT2D eigenvalue weighted by molar-refractivity contribution is 5.92. The predicted molar refractivity (Wildman–Crippen MR) is 103 cm³/mol. The first-order chi connectivity index (χ1) is 13.2. The molecular weight excluding hydrogens is 338 g/mol. The van der Waals surface area contributed by atoms with Crippen LogP contribution in [0.25, 0.3) is 11.3 Å². The number of oxime groups is 1. The Morgan fingerprint density at radius 3 is 2.52 bits per heavy atom. The monoisotopic (exact) mass is 359 g/mol. The fraction of sp³-hybridized carbons (Fsp3) is 0.273. The van der Waals surface area contributed by atoms with Gasteiger partial charge in [0.05, 0.1) is 0 Å². The Morgan fingerprint density at radius 1 is 1.00 bits per heavy atom. The number of hydrogen-bond acceptors (Lipinski definition) is 3. The zero-order valence-electron chi connectivity index (χ0n) is 15.2. The Hall–Kier alpha value is -3.08. The molecule has 5 rings (SSSR count). The van der Waals surface area contributed by atoms with Gasteiger partial charge in [0.25, 0.3) is 5.82 Å². The second-order valence-corrected chi connectivity index (χ2v) is 7.36. The summed E-state index contributed by atoms with van der Waals surface area (Å²) in [5, 5.41) is 26.5. The van der Waals surface area contributed by atoms with Gasteiger partial charge in [0.15, 0.2) is 17.4 Å². The van der Waals surface area contributed by atoms with E-state index in [-0.39, 0.29) is 6.04 Å². The lowest BCUT2D eigenvalue weighted by Crippen LogP contribution is -2.34. The minimum absolute atomic E-state index is 0.228. The normalized spacial score (nSPS) is 19.4. The molecule has 0 saturated heterocycles. The largest absolute Gasteiger partial charge is 0.710 e. The van der Waals surface area contributed by atoms with Crippen molar-refractivity contribution in [2.45, 2.75) is 38.6 Å². The van der Waals surface area contributed by atoms with Crippen LogP contribution in [0.4, 0.5) is 0 Å². The van der Waals surface area contributed by atoms with Crippen molar-refractivity contribution in [2.75, 3.05) is 0 Å². The first kappa shape index (κ1) is 16.1. The van der Waals surface area contributed by atoms with Crippen LogP contribution in [-0.2, 0) is 19.3 Å². The number of rotatable bonds is 1. The van der Waals surface area contributed by atoms with Gasteiger partial charge < -0.3 is 10.4 Å². The zero-order valence-corrected chi connectivity index (χ0v) is 15.2. The summed E-state index contributed by atoms with van der Waals surface area (Å²) in [5.41, 5.74) is 7.10. The molecule has 27 heavy (non-hydrogen) atoms. The summed E-state index contributed by atoms with van der Waals surface area (Å²) in [6.45, 7) is 1.86. The summed E-state index contributed by atoms with van der Waals surface area (Å²) in [5.74, 6) is 0.638. The average molecular weight is 359 g/mol. The van der Waals surface area contributed by atoms with Crippen LogP contribution >= 0.6 is 0 Å². The summed E-state index contributed by atoms with van der Waals surface area (Å²) < 4.78 is 3.16. The molecule has 2 aliphatic carbocycles. The second kappa shape index (κ2) is 5.98. The lowest BCUT2D eigenvalue weighted by molar-refractivity contribution is -0.601. The van der Waals surface area contributed by atoms with Crippen LogP contribution < -0.4 is 4.73 Å². The average Bonchev–Trinajstić information content (AvgIpc) is 2.97. The molecule has 1 unspecified atom stereocenters. The van der Waals surface area contributed by atoms with E-state index in [9.17, 15) is 10.4 Å². The van der Waals surface area contributed by atoms with Gasteiger partial charge in [0.2, 0.25) is 0 Å². The molecule has 1 N–H and O–H groups in total. The summed E-state index contributed by atoms with van der Waals surface area (Å²) in [6.07, 6.45) is 3.27. The Balaban J connectivity index is 1.79. The lowest BCUT2D eigenvalue weighted by atomic mass is 9.85. The fourth-order valence-corrected chi connectivity index (χ4v) is 4.76. The van der Waals surface area contributed by atoms with Gasteiger partial charge in [-0.1, -0.05) is 53.7 Å². The minimum atomic E-state index is -0.228. The molecule has 0 aliphatic heterocycles. The third-order valence-electron chi connectivity index (χ3n) is 6.02. The van der Waals surface area contributed by atoms with E-state index in [2.05, 4.69) is 27.9 Å². The van der Waals surface area contributed by atoms with Crippen LogP contribution in [0.5, 0.6) is 0 Å². The van der Waals surface area contributed by atoms with Crippen molar-refractivity contribution in [3.63, 3.8) is 0 Å². The summed E-state index contributed by atoms with van der Waals surface area (Å²) in [4.78, 5) is 0. The van der Waals surface area contributed by atoms with E-state index in [0.29, 0.717) is 18.0 Å². The topological polar surface area (TPSA) is 64.5 Å². The number of aromatic nitrogens is 2. The molecular formula is C22H21N3O2. The molecule has 3 aromatic rings. The van der Waals surface area contributed by atoms with Gasteiger partial charge in [-0.15, -0.1) is 0 Å². The molecule has 1 heterocycles. The van der Waals surface area contributed by atoms with Crippen LogP contribution in [-0.4, -0.2) is 15.5 Å². The van der Waals surface area contributed by atoms with E-state index < -0.39 is 0 Å². The van der Waals surface area contributed by atoms with Crippen LogP contribution in [0.1, 0.15) is 40.7 Å². The molecule has 0 saturated carbocycles. The first-order valence-corrected chi connectivity index (χ1v) is 9.41. The SMILES string of the molecule is Cc1n(C2C(=NO)CCc3ccccc32)c2c([n+]1[O-])-c1ccccc1CC2. The maximum Gasteiger partial charge on any atom is 0.257 e. The molecule has 136 valence electrons. The minimum Gasteiger partial charge on any atom is -0.710 e. The van der Waals surface area contributed by atoms with Gasteiger partial charge in [-0.2, -0.15) is 0 Å². The van der Waals surface area contributed by atoms with Crippen molar-refractivity contribution in [1.82, 2.24) is 4.57 Å². The highest BCUT2D eigenvalue weighted by atomic mass is 16.5. The van der Waals surface area contributed by atoms with Gasteiger partial charge in [0, 0.05) is 24.5 Å². The van der Waals surface area contributed by atoms with Crippen molar-refractivity contribution in [2.24, 2.45) is 5.16 Å². The van der Waals surface area contributed by atoms with Crippen LogP contribution in [0.3, 0.4) is 0 Å². The predicted octanol–water partition coefficient (Wildman–Crippen LogP) is 3.56. The van der Waals surface area contributed by atoms with Crippen molar-refractivity contribution < 1.29 is 9.94 Å². The van der Waals surface area contributed by atoms with Crippen molar-refractivity contribution in [1.29, 1.82) is 0 Å².